The van der Waals surface area contributed by atoms with Crippen LogP contribution in [-0.4, -0.2) is 0 Å². The topological polar surface area (TPSA) is 0 Å². The molecule has 7 rings (SSSR count). The second-order valence-corrected chi connectivity index (χ2v) is 7.13. The van der Waals surface area contributed by atoms with Crippen LogP contribution in [0.4, 0.5) is 0 Å². The summed E-state index contributed by atoms with van der Waals surface area (Å²) in [6, 6.07) is 0. The summed E-state index contributed by atoms with van der Waals surface area (Å²) < 4.78 is 0. The minimum atomic E-state index is 0. The fraction of sp³-hybridized carbons (Fsp3) is 1.00. The molecule has 0 unspecified atom stereocenters. The lowest BCUT2D eigenvalue weighted by Gasteiger charge is -2.69. The number of hydrogen-bond donors (Lipinski definition) is 0. The predicted octanol–water partition coefficient (Wildman–Crippen LogP) is 3.90. The molecule has 7 aliphatic carbocycles. The van der Waals surface area contributed by atoms with Crippen LogP contribution in [0, 0.1) is 47.3 Å². The molecule has 0 aromatic heterocycles. The molecule has 0 N–H and O–H groups in total. The molecule has 7 aliphatic rings. The first-order chi connectivity index (χ1) is 6.90. The summed E-state index contributed by atoms with van der Waals surface area (Å²) >= 11 is 0. The molecular weight excluding hydrogens is 248 g/mol. The van der Waals surface area contributed by atoms with Crippen molar-refractivity contribution in [2.24, 2.45) is 47.3 Å². The standard InChI is InChI=1S/C14H20.BrH/c1-7-2-12-10-4-8-5-11(9(1)10)13(3-7)14(12)6-8;/h7-14H,1-6H2;1H. The highest BCUT2D eigenvalue weighted by atomic mass is 79.9. The molecule has 0 radical (unpaired) electrons. The van der Waals surface area contributed by atoms with E-state index in [2.05, 4.69) is 0 Å². The molecule has 0 amide bonds. The Morgan fingerprint density at radius 1 is 0.400 bits per heavy atom. The second kappa shape index (κ2) is 2.83. The molecule has 84 valence electrons. The van der Waals surface area contributed by atoms with Crippen molar-refractivity contribution in [3.8, 4) is 0 Å². The first-order valence-corrected chi connectivity index (χ1v) is 6.90. The van der Waals surface area contributed by atoms with Crippen LogP contribution in [0.2, 0.25) is 0 Å². The van der Waals surface area contributed by atoms with Gasteiger partial charge in [-0.3, -0.25) is 0 Å². The van der Waals surface area contributed by atoms with E-state index in [0.29, 0.717) is 0 Å². The third-order valence-corrected chi connectivity index (χ3v) is 6.93. The van der Waals surface area contributed by atoms with Gasteiger partial charge in [0.1, 0.15) is 0 Å². The zero-order valence-corrected chi connectivity index (χ0v) is 11.0. The third kappa shape index (κ3) is 0.960. The summed E-state index contributed by atoms with van der Waals surface area (Å²) in [5.74, 6) is 9.74. The van der Waals surface area contributed by atoms with Crippen LogP contribution in [0.5, 0.6) is 0 Å². The highest BCUT2D eigenvalue weighted by molar-refractivity contribution is 8.93. The molecule has 0 aromatic carbocycles. The van der Waals surface area contributed by atoms with Crippen LogP contribution in [0.25, 0.3) is 0 Å². The normalized spacial score (nSPS) is 67.2. The maximum atomic E-state index is 1.65. The van der Waals surface area contributed by atoms with Crippen molar-refractivity contribution in [3.05, 3.63) is 0 Å². The van der Waals surface area contributed by atoms with Crippen molar-refractivity contribution in [1.29, 1.82) is 0 Å². The summed E-state index contributed by atoms with van der Waals surface area (Å²) in [5.41, 5.74) is 0. The molecule has 0 aliphatic heterocycles. The molecule has 0 saturated heterocycles. The molecule has 8 bridgehead atoms. The van der Waals surface area contributed by atoms with Crippen molar-refractivity contribution >= 4 is 17.0 Å². The summed E-state index contributed by atoms with van der Waals surface area (Å²) in [6.45, 7) is 0. The SMILES string of the molecule is Br.C1C2CC3C4CC5CC(C14)C(C2)C3C5. The van der Waals surface area contributed by atoms with E-state index in [0.717, 1.165) is 0 Å². The van der Waals surface area contributed by atoms with Gasteiger partial charge in [0.15, 0.2) is 0 Å². The lowest BCUT2D eigenvalue weighted by atomic mass is 9.36. The highest BCUT2D eigenvalue weighted by Gasteiger charge is 2.63. The van der Waals surface area contributed by atoms with E-state index in [4.69, 9.17) is 0 Å². The Bertz CT molecular complexity index is 210. The van der Waals surface area contributed by atoms with E-state index < -0.39 is 0 Å². The van der Waals surface area contributed by atoms with Crippen LogP contribution in [-0.2, 0) is 0 Å². The molecule has 0 nitrogen and oxygen atoms in total. The Kier molecular flexibility index (Phi) is 1.79. The van der Waals surface area contributed by atoms with Crippen molar-refractivity contribution in [1.82, 2.24) is 0 Å². The molecule has 7 fully saturated rings. The monoisotopic (exact) mass is 268 g/mol. The summed E-state index contributed by atoms with van der Waals surface area (Å²) in [6.07, 6.45) is 9.93. The smallest absolute Gasteiger partial charge is 0.0349 e. The third-order valence-electron chi connectivity index (χ3n) is 6.93. The lowest BCUT2D eigenvalue weighted by molar-refractivity contribution is -0.202. The predicted molar refractivity (Wildman–Crippen MR) is 65.9 cm³/mol. The zero-order valence-electron chi connectivity index (χ0n) is 9.27. The van der Waals surface area contributed by atoms with E-state index in [1.807, 2.05) is 0 Å². The van der Waals surface area contributed by atoms with E-state index in [1.54, 1.807) is 38.5 Å². The fourth-order valence-corrected chi connectivity index (χ4v) is 6.89. The van der Waals surface area contributed by atoms with Crippen LogP contribution in [0.15, 0.2) is 0 Å². The van der Waals surface area contributed by atoms with Gasteiger partial charge in [0.05, 0.1) is 0 Å². The Morgan fingerprint density at radius 2 is 0.600 bits per heavy atom. The van der Waals surface area contributed by atoms with Gasteiger partial charge in [0, 0.05) is 0 Å². The molecule has 1 heteroatoms. The van der Waals surface area contributed by atoms with Crippen LogP contribution < -0.4 is 0 Å². The zero-order chi connectivity index (χ0) is 8.86. The van der Waals surface area contributed by atoms with Gasteiger partial charge in [0.25, 0.3) is 0 Å². The summed E-state index contributed by atoms with van der Waals surface area (Å²) in [5, 5.41) is 0. The van der Waals surface area contributed by atoms with Gasteiger partial charge in [0.2, 0.25) is 0 Å². The molecule has 15 heavy (non-hydrogen) atoms. The Balaban J connectivity index is 0.000000648. The first kappa shape index (κ1) is 9.50. The van der Waals surface area contributed by atoms with Crippen LogP contribution >= 0.6 is 17.0 Å². The van der Waals surface area contributed by atoms with Gasteiger partial charge in [-0.1, -0.05) is 0 Å². The second-order valence-electron chi connectivity index (χ2n) is 7.13. The van der Waals surface area contributed by atoms with E-state index in [1.165, 1.54) is 47.3 Å². The molecule has 0 spiro atoms. The van der Waals surface area contributed by atoms with E-state index in [9.17, 15) is 0 Å². The Labute approximate surface area is 103 Å². The maximum Gasteiger partial charge on any atom is -0.0349 e. The fourth-order valence-electron chi connectivity index (χ4n) is 6.89. The van der Waals surface area contributed by atoms with Gasteiger partial charge in [-0.2, -0.15) is 0 Å². The van der Waals surface area contributed by atoms with Gasteiger partial charge in [-0.05, 0) is 85.9 Å². The van der Waals surface area contributed by atoms with Crippen molar-refractivity contribution in [3.63, 3.8) is 0 Å². The Morgan fingerprint density at radius 3 is 0.800 bits per heavy atom. The quantitative estimate of drug-likeness (QED) is 0.625. The Hall–Kier alpha value is 0.480. The maximum absolute atomic E-state index is 1.65. The lowest BCUT2D eigenvalue weighted by Crippen LogP contribution is -2.62. The van der Waals surface area contributed by atoms with Crippen molar-refractivity contribution in [2.75, 3.05) is 0 Å². The van der Waals surface area contributed by atoms with E-state index in [-0.39, 0.29) is 17.0 Å². The van der Waals surface area contributed by atoms with Gasteiger partial charge in [-0.25, -0.2) is 0 Å². The van der Waals surface area contributed by atoms with Crippen molar-refractivity contribution in [2.45, 2.75) is 38.5 Å². The molecule has 7 saturated carbocycles. The average molecular weight is 269 g/mol. The molecule has 0 aromatic rings. The average Bonchev–Trinajstić information content (AvgIpc) is 2.24. The van der Waals surface area contributed by atoms with Gasteiger partial charge >= 0.3 is 0 Å². The van der Waals surface area contributed by atoms with Crippen LogP contribution in [0.1, 0.15) is 38.5 Å². The number of hydrogen-bond acceptors (Lipinski definition) is 0. The molecule has 0 atom stereocenters. The van der Waals surface area contributed by atoms with Gasteiger partial charge in [-0.15, -0.1) is 17.0 Å². The van der Waals surface area contributed by atoms with Crippen LogP contribution in [0.3, 0.4) is 0 Å². The summed E-state index contributed by atoms with van der Waals surface area (Å²) in [7, 11) is 0. The molecular formula is C14H21Br. The summed E-state index contributed by atoms with van der Waals surface area (Å²) in [4.78, 5) is 0. The van der Waals surface area contributed by atoms with Crippen molar-refractivity contribution < 1.29 is 0 Å². The minimum absolute atomic E-state index is 0. The number of rotatable bonds is 0. The van der Waals surface area contributed by atoms with E-state index >= 15 is 0 Å². The number of halogens is 1. The largest absolute Gasteiger partial charge is 0.114 e. The highest BCUT2D eigenvalue weighted by Crippen LogP contribution is 2.71. The minimum Gasteiger partial charge on any atom is -0.114 e. The first-order valence-electron chi connectivity index (χ1n) is 6.90. The molecule has 0 heterocycles. The van der Waals surface area contributed by atoms with Gasteiger partial charge < -0.3 is 0 Å².